The van der Waals surface area contributed by atoms with Crippen LogP contribution in [0.3, 0.4) is 0 Å². The summed E-state index contributed by atoms with van der Waals surface area (Å²) < 4.78 is 5.12. The van der Waals surface area contributed by atoms with Gasteiger partial charge in [0, 0.05) is 30.7 Å². The smallest absolute Gasteiger partial charge is 0.249 e. The third kappa shape index (κ3) is 2.63. The molecule has 1 unspecified atom stereocenters. The number of hydrogen-bond acceptors (Lipinski definition) is 3. The zero-order valence-corrected chi connectivity index (χ0v) is 11.3. The zero-order valence-electron chi connectivity index (χ0n) is 11.3. The number of carbonyl (C=O) groups excluding carboxylic acids is 2. The Bertz CT molecular complexity index is 580. The van der Waals surface area contributed by atoms with E-state index in [1.807, 2.05) is 12.2 Å². The molecule has 104 valence electrons. The summed E-state index contributed by atoms with van der Waals surface area (Å²) in [6, 6.07) is 0. The van der Waals surface area contributed by atoms with Crippen molar-refractivity contribution >= 4 is 17.5 Å². The topological polar surface area (TPSA) is 67.8 Å². The minimum absolute atomic E-state index is 0.00243. The summed E-state index contributed by atoms with van der Waals surface area (Å²) in [6.45, 7) is 0.410. The van der Waals surface area contributed by atoms with Crippen molar-refractivity contribution in [3.05, 3.63) is 35.6 Å². The molecular formula is C15H16N2O3. The first kappa shape index (κ1) is 13.0. The maximum atomic E-state index is 11.7. The van der Waals surface area contributed by atoms with Gasteiger partial charge in [-0.2, -0.15) is 0 Å². The van der Waals surface area contributed by atoms with E-state index in [1.54, 1.807) is 19.3 Å². The molecule has 3 rings (SSSR count). The van der Waals surface area contributed by atoms with E-state index in [9.17, 15) is 9.59 Å². The largest absolute Gasteiger partial charge is 0.380 e. The molecule has 1 heterocycles. The number of ether oxygens (including phenoxy) is 1. The average molecular weight is 272 g/mol. The van der Waals surface area contributed by atoms with E-state index in [-0.39, 0.29) is 23.7 Å². The number of allylic oxidation sites excluding steroid dienone is 3. The van der Waals surface area contributed by atoms with Crippen LogP contribution >= 0.6 is 0 Å². The predicted molar refractivity (Wildman–Crippen MR) is 74.0 cm³/mol. The normalized spacial score (nSPS) is 26.8. The van der Waals surface area contributed by atoms with Gasteiger partial charge in [0.25, 0.3) is 0 Å². The van der Waals surface area contributed by atoms with Crippen LogP contribution in [0.4, 0.5) is 0 Å². The molecular weight excluding hydrogens is 256 g/mol. The average Bonchev–Trinajstić information content (AvgIpc) is 3.22. The molecule has 2 aliphatic carbocycles. The SMILES string of the molecule is COCC1=CC(=O)NC2=CC(=NC(=O)C3CC3)C=CC12. The first-order valence-electron chi connectivity index (χ1n) is 6.70. The first-order chi connectivity index (χ1) is 9.67. The summed E-state index contributed by atoms with van der Waals surface area (Å²) in [4.78, 5) is 27.4. The summed E-state index contributed by atoms with van der Waals surface area (Å²) in [5.74, 6) is -0.114. The number of rotatable bonds is 3. The highest BCUT2D eigenvalue weighted by Gasteiger charge is 2.30. The Labute approximate surface area is 117 Å². The molecule has 3 aliphatic rings. The number of hydrogen-bond donors (Lipinski definition) is 1. The Balaban J connectivity index is 1.83. The Morgan fingerprint density at radius 1 is 1.45 bits per heavy atom. The van der Waals surface area contributed by atoms with E-state index in [0.29, 0.717) is 12.3 Å². The van der Waals surface area contributed by atoms with Crippen molar-refractivity contribution in [1.82, 2.24) is 5.32 Å². The summed E-state index contributed by atoms with van der Waals surface area (Å²) in [7, 11) is 1.60. The molecule has 0 aromatic rings. The molecule has 1 fully saturated rings. The van der Waals surface area contributed by atoms with Crippen molar-refractivity contribution in [2.24, 2.45) is 16.8 Å². The quantitative estimate of drug-likeness (QED) is 0.837. The molecule has 0 aromatic heterocycles. The van der Waals surface area contributed by atoms with Crippen LogP contribution in [0.5, 0.6) is 0 Å². The fourth-order valence-electron chi connectivity index (χ4n) is 2.39. The third-order valence-electron chi connectivity index (χ3n) is 3.56. The van der Waals surface area contributed by atoms with Crippen molar-refractivity contribution in [2.45, 2.75) is 12.8 Å². The second-order valence-corrected chi connectivity index (χ2v) is 5.23. The van der Waals surface area contributed by atoms with E-state index in [2.05, 4.69) is 10.3 Å². The van der Waals surface area contributed by atoms with E-state index in [1.165, 1.54) is 0 Å². The Hall–Kier alpha value is -2.01. The molecule has 0 bridgehead atoms. The summed E-state index contributed by atoms with van der Waals surface area (Å²) in [5.41, 5.74) is 2.27. The van der Waals surface area contributed by atoms with Crippen molar-refractivity contribution in [3.63, 3.8) is 0 Å². The minimum Gasteiger partial charge on any atom is -0.380 e. The van der Waals surface area contributed by atoms with Gasteiger partial charge in [-0.05, 0) is 30.6 Å². The van der Waals surface area contributed by atoms with Crippen LogP contribution < -0.4 is 5.32 Å². The van der Waals surface area contributed by atoms with Crippen LogP contribution in [-0.2, 0) is 14.3 Å². The van der Waals surface area contributed by atoms with Crippen molar-refractivity contribution in [3.8, 4) is 0 Å². The van der Waals surface area contributed by atoms with Gasteiger partial charge in [-0.3, -0.25) is 9.59 Å². The lowest BCUT2D eigenvalue weighted by Gasteiger charge is -2.27. The Kier molecular flexibility index (Phi) is 3.36. The van der Waals surface area contributed by atoms with Gasteiger partial charge in [0.05, 0.1) is 12.3 Å². The van der Waals surface area contributed by atoms with Crippen LogP contribution in [0.25, 0.3) is 0 Å². The van der Waals surface area contributed by atoms with Gasteiger partial charge in [-0.25, -0.2) is 4.99 Å². The van der Waals surface area contributed by atoms with Gasteiger partial charge in [0.1, 0.15) is 0 Å². The van der Waals surface area contributed by atoms with Gasteiger partial charge < -0.3 is 10.1 Å². The van der Waals surface area contributed by atoms with Crippen LogP contribution in [-0.4, -0.2) is 31.2 Å². The molecule has 5 nitrogen and oxygen atoms in total. The molecule has 0 aromatic carbocycles. The number of nitrogens with zero attached hydrogens (tertiary/aromatic N) is 1. The number of methoxy groups -OCH3 is 1. The maximum Gasteiger partial charge on any atom is 0.249 e. The zero-order chi connectivity index (χ0) is 14.1. The first-order valence-corrected chi connectivity index (χ1v) is 6.70. The van der Waals surface area contributed by atoms with E-state index in [4.69, 9.17) is 4.74 Å². The number of carbonyl (C=O) groups is 2. The second kappa shape index (κ2) is 5.17. The standard InChI is InChI=1S/C15H16N2O3/c1-20-8-10-6-14(18)17-13-7-11(4-5-12(10)13)16-15(19)9-2-3-9/h4-7,9,12H,2-3,8H2,1H3,(H,17,18). The van der Waals surface area contributed by atoms with E-state index >= 15 is 0 Å². The highest BCUT2D eigenvalue weighted by Crippen LogP contribution is 2.31. The summed E-state index contributed by atoms with van der Waals surface area (Å²) >= 11 is 0. The van der Waals surface area contributed by atoms with Crippen molar-refractivity contribution < 1.29 is 14.3 Å². The van der Waals surface area contributed by atoms with Gasteiger partial charge in [0.2, 0.25) is 11.8 Å². The molecule has 0 radical (unpaired) electrons. The van der Waals surface area contributed by atoms with Crippen LogP contribution in [0, 0.1) is 11.8 Å². The Morgan fingerprint density at radius 3 is 2.95 bits per heavy atom. The molecule has 0 saturated heterocycles. The predicted octanol–water partition coefficient (Wildman–Crippen LogP) is 1.14. The van der Waals surface area contributed by atoms with Crippen LogP contribution in [0.2, 0.25) is 0 Å². The number of fused-ring (bicyclic) bond motifs is 1. The molecule has 1 aliphatic heterocycles. The molecule has 20 heavy (non-hydrogen) atoms. The van der Waals surface area contributed by atoms with Crippen molar-refractivity contribution in [2.75, 3.05) is 13.7 Å². The van der Waals surface area contributed by atoms with Gasteiger partial charge in [-0.15, -0.1) is 0 Å². The molecule has 1 atom stereocenters. The van der Waals surface area contributed by atoms with Gasteiger partial charge >= 0.3 is 0 Å². The Morgan fingerprint density at radius 2 is 2.25 bits per heavy atom. The lowest BCUT2D eigenvalue weighted by atomic mass is 9.88. The summed E-state index contributed by atoms with van der Waals surface area (Å²) in [6.07, 6.45) is 8.98. The fraction of sp³-hybridized carbons (Fsp3) is 0.400. The molecule has 1 saturated carbocycles. The molecule has 1 N–H and O–H groups in total. The molecule has 0 spiro atoms. The fourth-order valence-corrected chi connectivity index (χ4v) is 2.39. The van der Waals surface area contributed by atoms with Crippen LogP contribution in [0.15, 0.2) is 40.6 Å². The third-order valence-corrected chi connectivity index (χ3v) is 3.56. The maximum absolute atomic E-state index is 11.7. The molecule has 5 heteroatoms. The van der Waals surface area contributed by atoms with Crippen LogP contribution in [0.1, 0.15) is 12.8 Å². The monoisotopic (exact) mass is 272 g/mol. The van der Waals surface area contributed by atoms with Crippen molar-refractivity contribution in [1.29, 1.82) is 0 Å². The molecule has 2 amide bonds. The van der Waals surface area contributed by atoms with E-state index in [0.717, 1.165) is 24.1 Å². The lowest BCUT2D eigenvalue weighted by molar-refractivity contribution is -0.119. The highest BCUT2D eigenvalue weighted by molar-refractivity contribution is 6.11. The lowest BCUT2D eigenvalue weighted by Crippen LogP contribution is -2.34. The van der Waals surface area contributed by atoms with E-state index < -0.39 is 0 Å². The highest BCUT2D eigenvalue weighted by atomic mass is 16.5. The number of amides is 2. The van der Waals surface area contributed by atoms with Gasteiger partial charge in [-0.1, -0.05) is 6.08 Å². The number of nitrogens with one attached hydrogen (secondary N) is 1. The van der Waals surface area contributed by atoms with Gasteiger partial charge in [0.15, 0.2) is 0 Å². The minimum atomic E-state index is -0.164. The summed E-state index contributed by atoms with van der Waals surface area (Å²) in [5, 5.41) is 2.80. The number of aliphatic imine (C=N–C) groups is 1. The second-order valence-electron chi connectivity index (χ2n) is 5.23.